The van der Waals surface area contributed by atoms with Crippen LogP contribution < -0.4 is 0 Å². The van der Waals surface area contributed by atoms with Crippen LogP contribution in [-0.2, 0) is 17.7 Å². The fourth-order valence-electron chi connectivity index (χ4n) is 4.03. The monoisotopic (exact) mass is 429 g/mol. The Morgan fingerprint density at radius 2 is 2.10 bits per heavy atom. The summed E-state index contributed by atoms with van der Waals surface area (Å²) < 4.78 is 34.1. The minimum absolute atomic E-state index is 0.0849. The lowest BCUT2D eigenvalue weighted by atomic mass is 10.1. The zero-order valence-electron chi connectivity index (χ0n) is 18.0. The van der Waals surface area contributed by atoms with Gasteiger partial charge >= 0.3 is 0 Å². The van der Waals surface area contributed by atoms with Crippen molar-refractivity contribution in [2.24, 2.45) is 0 Å². The Bertz CT molecular complexity index is 933. The molecule has 6 nitrogen and oxygen atoms in total. The van der Waals surface area contributed by atoms with E-state index in [0.717, 1.165) is 48.4 Å². The summed E-state index contributed by atoms with van der Waals surface area (Å²) in [6, 6.07) is 2.03. The van der Waals surface area contributed by atoms with E-state index in [1.54, 1.807) is 6.20 Å². The van der Waals surface area contributed by atoms with E-state index in [1.165, 1.54) is 6.42 Å². The zero-order valence-corrected chi connectivity index (χ0v) is 18.0. The molecule has 2 aliphatic rings. The zero-order chi connectivity index (χ0) is 21.7. The second-order valence-electron chi connectivity index (χ2n) is 8.33. The maximum atomic E-state index is 13.3. The molecular formula is C23H29F2N5O. The molecule has 8 heteroatoms. The number of alkyl halides is 2. The number of rotatable bonds is 5. The van der Waals surface area contributed by atoms with Crippen LogP contribution in [0.1, 0.15) is 50.2 Å². The lowest BCUT2D eigenvalue weighted by Crippen LogP contribution is -2.39. The lowest BCUT2D eigenvalue weighted by Gasteiger charge is -2.30. The van der Waals surface area contributed by atoms with Gasteiger partial charge in [0, 0.05) is 44.3 Å². The van der Waals surface area contributed by atoms with Crippen LogP contribution in [0.2, 0.25) is 0 Å². The van der Waals surface area contributed by atoms with Crippen LogP contribution in [0.5, 0.6) is 0 Å². The molecule has 0 amide bonds. The van der Waals surface area contributed by atoms with Gasteiger partial charge in [-0.05, 0) is 37.3 Å². The molecule has 2 aliphatic heterocycles. The summed E-state index contributed by atoms with van der Waals surface area (Å²) in [4.78, 5) is 6.58. The number of nitrogens with zero attached hydrogens (tertiary/aromatic N) is 5. The molecule has 2 fully saturated rings. The van der Waals surface area contributed by atoms with Crippen LogP contribution in [0, 0.1) is 11.8 Å². The van der Waals surface area contributed by atoms with Gasteiger partial charge in [0.25, 0.3) is 5.92 Å². The molecule has 31 heavy (non-hydrogen) atoms. The summed E-state index contributed by atoms with van der Waals surface area (Å²) in [5.41, 5.74) is 3.46. The number of halogens is 2. The maximum absolute atomic E-state index is 13.3. The first-order chi connectivity index (χ1) is 15.0. The summed E-state index contributed by atoms with van der Waals surface area (Å²) in [5, 5.41) is 8.57. The molecule has 4 heterocycles. The fraction of sp³-hybridized carbons (Fsp3) is 0.609. The van der Waals surface area contributed by atoms with Crippen molar-refractivity contribution in [3.05, 3.63) is 29.6 Å². The van der Waals surface area contributed by atoms with Crippen LogP contribution in [-0.4, -0.2) is 63.1 Å². The largest absolute Gasteiger partial charge is 0.376 e. The Morgan fingerprint density at radius 3 is 2.84 bits per heavy atom. The Balaban J connectivity index is 1.39. The second kappa shape index (κ2) is 9.84. The molecule has 2 aromatic heterocycles. The third-order valence-corrected chi connectivity index (χ3v) is 5.92. The van der Waals surface area contributed by atoms with Gasteiger partial charge in [-0.25, -0.2) is 13.5 Å². The number of likely N-dealkylation sites (tertiary alicyclic amines) is 1. The van der Waals surface area contributed by atoms with Crippen molar-refractivity contribution in [2.45, 2.75) is 64.0 Å². The van der Waals surface area contributed by atoms with E-state index in [0.29, 0.717) is 26.2 Å². The van der Waals surface area contributed by atoms with Crippen LogP contribution in [0.4, 0.5) is 8.78 Å². The highest BCUT2D eigenvalue weighted by Crippen LogP contribution is 2.27. The van der Waals surface area contributed by atoms with Gasteiger partial charge < -0.3 is 4.74 Å². The minimum atomic E-state index is -2.52. The Labute approximate surface area is 182 Å². The fourth-order valence-corrected chi connectivity index (χ4v) is 4.03. The van der Waals surface area contributed by atoms with Gasteiger partial charge in [-0.3, -0.25) is 9.88 Å². The lowest BCUT2D eigenvalue weighted by molar-refractivity contribution is -0.0527. The van der Waals surface area contributed by atoms with Crippen LogP contribution in [0.3, 0.4) is 0 Å². The van der Waals surface area contributed by atoms with Crippen LogP contribution in [0.25, 0.3) is 11.4 Å². The van der Waals surface area contributed by atoms with Gasteiger partial charge in [0.15, 0.2) is 0 Å². The van der Waals surface area contributed by atoms with Crippen molar-refractivity contribution in [1.82, 2.24) is 24.9 Å². The summed E-state index contributed by atoms with van der Waals surface area (Å²) in [6.07, 6.45) is 7.89. The Morgan fingerprint density at radius 1 is 1.26 bits per heavy atom. The summed E-state index contributed by atoms with van der Waals surface area (Å²) in [5.74, 6) is 3.71. The van der Waals surface area contributed by atoms with E-state index >= 15 is 0 Å². The average molecular weight is 430 g/mol. The van der Waals surface area contributed by atoms with Gasteiger partial charge in [-0.2, -0.15) is 0 Å². The molecule has 2 aromatic rings. The van der Waals surface area contributed by atoms with E-state index in [9.17, 15) is 8.78 Å². The van der Waals surface area contributed by atoms with Crippen LogP contribution in [0.15, 0.2) is 18.5 Å². The number of piperidine rings is 1. The molecule has 2 saturated heterocycles. The predicted octanol–water partition coefficient (Wildman–Crippen LogP) is 3.55. The maximum Gasteiger partial charge on any atom is 0.250 e. The first-order valence-corrected chi connectivity index (χ1v) is 11.1. The molecule has 0 saturated carbocycles. The highest BCUT2D eigenvalue weighted by molar-refractivity contribution is 5.59. The molecule has 166 valence electrons. The molecule has 0 aromatic carbocycles. The van der Waals surface area contributed by atoms with Gasteiger partial charge in [0.05, 0.1) is 31.1 Å². The standard InChI is InChI=1S/C23H29F2N5O/c1-2-19-14-18(6-5-10-29-11-8-23(24,25)9-12-29)15-26-22(19)21-17-30(28-27-21)16-20-7-3-4-13-31-20/h14-15,17,20H,2-4,7-13,16H2,1H3. The quantitative estimate of drug-likeness (QED) is 0.681. The molecule has 0 N–H and O–H groups in total. The summed E-state index contributed by atoms with van der Waals surface area (Å²) in [6.45, 7) is 4.88. The SMILES string of the molecule is CCc1cc(C#CCN2CCC(F)(F)CC2)cnc1-c1cn(CC2CCCCO2)nn1. The first-order valence-electron chi connectivity index (χ1n) is 11.1. The molecule has 0 bridgehead atoms. The number of hydrogen-bond acceptors (Lipinski definition) is 5. The molecule has 4 rings (SSSR count). The van der Waals surface area contributed by atoms with E-state index in [1.807, 2.05) is 21.8 Å². The van der Waals surface area contributed by atoms with Gasteiger partial charge in [0.1, 0.15) is 5.69 Å². The van der Waals surface area contributed by atoms with E-state index in [4.69, 9.17) is 4.74 Å². The molecule has 0 radical (unpaired) electrons. The molecule has 1 atom stereocenters. The Hall–Kier alpha value is -2.37. The van der Waals surface area contributed by atoms with Crippen molar-refractivity contribution < 1.29 is 13.5 Å². The number of pyridine rings is 1. The smallest absolute Gasteiger partial charge is 0.250 e. The molecule has 0 spiro atoms. The Kier molecular flexibility index (Phi) is 6.93. The van der Waals surface area contributed by atoms with E-state index in [-0.39, 0.29) is 18.9 Å². The number of aryl methyl sites for hydroxylation is 1. The van der Waals surface area contributed by atoms with E-state index in [2.05, 4.69) is 34.1 Å². The molecule has 1 unspecified atom stereocenters. The normalized spacial score (nSPS) is 21.5. The van der Waals surface area contributed by atoms with Crippen molar-refractivity contribution in [1.29, 1.82) is 0 Å². The van der Waals surface area contributed by atoms with Gasteiger partial charge in [-0.1, -0.05) is 24.0 Å². The first kappa shape index (κ1) is 21.8. The van der Waals surface area contributed by atoms with Crippen molar-refractivity contribution >= 4 is 0 Å². The predicted molar refractivity (Wildman–Crippen MR) is 114 cm³/mol. The van der Waals surface area contributed by atoms with Crippen molar-refractivity contribution in [3.63, 3.8) is 0 Å². The summed E-state index contributed by atoms with van der Waals surface area (Å²) >= 11 is 0. The van der Waals surface area contributed by atoms with Crippen molar-refractivity contribution in [3.8, 4) is 23.2 Å². The molecular weight excluding hydrogens is 400 g/mol. The topological polar surface area (TPSA) is 56.1 Å². The third kappa shape index (κ3) is 5.86. The highest BCUT2D eigenvalue weighted by Gasteiger charge is 2.33. The highest BCUT2D eigenvalue weighted by atomic mass is 19.3. The average Bonchev–Trinajstić information content (AvgIpc) is 3.23. The van der Waals surface area contributed by atoms with Gasteiger partial charge in [-0.15, -0.1) is 5.10 Å². The number of hydrogen-bond donors (Lipinski definition) is 0. The summed E-state index contributed by atoms with van der Waals surface area (Å²) in [7, 11) is 0. The van der Waals surface area contributed by atoms with Crippen molar-refractivity contribution in [2.75, 3.05) is 26.2 Å². The number of aromatic nitrogens is 4. The third-order valence-electron chi connectivity index (χ3n) is 5.92. The number of ether oxygens (including phenoxy) is 1. The minimum Gasteiger partial charge on any atom is -0.376 e. The van der Waals surface area contributed by atoms with E-state index < -0.39 is 5.92 Å². The molecule has 0 aliphatic carbocycles. The van der Waals surface area contributed by atoms with Gasteiger partial charge in [0.2, 0.25) is 0 Å². The second-order valence-corrected chi connectivity index (χ2v) is 8.33. The van der Waals surface area contributed by atoms with Crippen LogP contribution >= 0.6 is 0 Å².